The van der Waals surface area contributed by atoms with Crippen molar-refractivity contribution in [3.8, 4) is 11.6 Å². The average Bonchev–Trinajstić information content (AvgIpc) is 2.77. The number of nitrogens with zero attached hydrogens (tertiary/aromatic N) is 3. The fourth-order valence-corrected chi connectivity index (χ4v) is 3.37. The predicted molar refractivity (Wildman–Crippen MR) is 116 cm³/mol. The fourth-order valence-electron chi connectivity index (χ4n) is 3.37. The number of guanidine groups is 1. The van der Waals surface area contributed by atoms with Crippen LogP contribution in [0.2, 0.25) is 0 Å². The van der Waals surface area contributed by atoms with Crippen molar-refractivity contribution in [2.24, 2.45) is 10.9 Å². The van der Waals surface area contributed by atoms with Gasteiger partial charge in [0.05, 0.1) is 6.54 Å². The third-order valence-electron chi connectivity index (χ3n) is 5.14. The van der Waals surface area contributed by atoms with Crippen LogP contribution in [0.15, 0.2) is 47.6 Å². The third-order valence-corrected chi connectivity index (χ3v) is 5.14. The molecule has 0 saturated carbocycles. The lowest BCUT2D eigenvalue weighted by Crippen LogP contribution is -2.40. The van der Waals surface area contributed by atoms with Gasteiger partial charge in [0, 0.05) is 51.7 Å². The Bertz CT molecular complexity index is 807. The van der Waals surface area contributed by atoms with E-state index >= 15 is 0 Å². The SMILES string of the molecule is CCNC(=NCc1ccc(Oc2cccc(F)c2)nc1)N(C)CCC1CCOCC1. The Morgan fingerprint density at radius 1 is 1.30 bits per heavy atom. The van der Waals surface area contributed by atoms with Crippen LogP contribution in [0, 0.1) is 11.7 Å². The second-order valence-electron chi connectivity index (χ2n) is 7.50. The minimum absolute atomic E-state index is 0.338. The lowest BCUT2D eigenvalue weighted by atomic mass is 9.96. The van der Waals surface area contributed by atoms with Gasteiger partial charge < -0.3 is 19.7 Å². The standard InChI is InChI=1S/C23H31FN4O2/c1-3-25-23(28(2)12-9-18-10-13-29-14-11-18)27-17-19-7-8-22(26-16-19)30-21-6-4-5-20(24)15-21/h4-8,15-16,18H,3,9-14,17H2,1-2H3,(H,25,27). The van der Waals surface area contributed by atoms with Crippen molar-refractivity contribution in [1.82, 2.24) is 15.2 Å². The molecule has 0 bridgehead atoms. The lowest BCUT2D eigenvalue weighted by molar-refractivity contribution is 0.0625. The van der Waals surface area contributed by atoms with Crippen molar-refractivity contribution in [3.05, 3.63) is 54.0 Å². The largest absolute Gasteiger partial charge is 0.439 e. The van der Waals surface area contributed by atoms with Gasteiger partial charge in [-0.1, -0.05) is 12.1 Å². The first kappa shape index (κ1) is 22.0. The van der Waals surface area contributed by atoms with Crippen LogP contribution in [0.25, 0.3) is 0 Å². The second kappa shape index (κ2) is 11.5. The Labute approximate surface area is 178 Å². The van der Waals surface area contributed by atoms with Crippen molar-refractivity contribution in [2.75, 3.05) is 33.4 Å². The molecule has 162 valence electrons. The van der Waals surface area contributed by atoms with Gasteiger partial charge in [-0.3, -0.25) is 0 Å². The molecule has 1 saturated heterocycles. The zero-order valence-electron chi connectivity index (χ0n) is 17.8. The van der Waals surface area contributed by atoms with Crippen LogP contribution in [0.5, 0.6) is 11.6 Å². The quantitative estimate of drug-likeness (QED) is 0.518. The first-order valence-electron chi connectivity index (χ1n) is 10.6. The zero-order chi connectivity index (χ0) is 21.2. The van der Waals surface area contributed by atoms with E-state index in [2.05, 4.69) is 29.2 Å². The molecule has 3 rings (SSSR count). The first-order chi connectivity index (χ1) is 14.6. The Morgan fingerprint density at radius 2 is 2.13 bits per heavy atom. The van der Waals surface area contributed by atoms with E-state index in [0.717, 1.165) is 63.0 Å². The highest BCUT2D eigenvalue weighted by Gasteiger charge is 2.15. The predicted octanol–water partition coefficient (Wildman–Crippen LogP) is 4.23. The molecule has 6 nitrogen and oxygen atoms in total. The maximum absolute atomic E-state index is 13.3. The summed E-state index contributed by atoms with van der Waals surface area (Å²) in [6.07, 6.45) is 5.19. The van der Waals surface area contributed by atoms with Crippen LogP contribution in [-0.2, 0) is 11.3 Å². The highest BCUT2D eigenvalue weighted by Crippen LogP contribution is 2.20. The molecule has 1 aromatic heterocycles. The fraction of sp³-hybridized carbons (Fsp3) is 0.478. The van der Waals surface area contributed by atoms with Crippen molar-refractivity contribution in [1.29, 1.82) is 0 Å². The van der Waals surface area contributed by atoms with Crippen LogP contribution in [0.3, 0.4) is 0 Å². The van der Waals surface area contributed by atoms with Gasteiger partial charge in [0.15, 0.2) is 5.96 Å². The summed E-state index contributed by atoms with van der Waals surface area (Å²) in [4.78, 5) is 11.2. The second-order valence-corrected chi connectivity index (χ2v) is 7.50. The van der Waals surface area contributed by atoms with Crippen molar-refractivity contribution < 1.29 is 13.9 Å². The average molecular weight is 415 g/mol. The number of aromatic nitrogens is 1. The van der Waals surface area contributed by atoms with Crippen LogP contribution in [0.4, 0.5) is 4.39 Å². The summed E-state index contributed by atoms with van der Waals surface area (Å²) < 4.78 is 24.3. The smallest absolute Gasteiger partial charge is 0.219 e. The van der Waals surface area contributed by atoms with Crippen LogP contribution in [0.1, 0.15) is 31.7 Å². The monoisotopic (exact) mass is 414 g/mol. The highest BCUT2D eigenvalue weighted by molar-refractivity contribution is 5.79. The maximum Gasteiger partial charge on any atom is 0.219 e. The van der Waals surface area contributed by atoms with Gasteiger partial charge in [-0.25, -0.2) is 14.4 Å². The van der Waals surface area contributed by atoms with Gasteiger partial charge in [-0.05, 0) is 49.8 Å². The number of halogens is 1. The summed E-state index contributed by atoms with van der Waals surface area (Å²) in [7, 11) is 2.08. The van der Waals surface area contributed by atoms with E-state index < -0.39 is 0 Å². The van der Waals surface area contributed by atoms with Crippen LogP contribution < -0.4 is 10.1 Å². The Morgan fingerprint density at radius 3 is 2.83 bits per heavy atom. The van der Waals surface area contributed by atoms with E-state index in [1.807, 2.05) is 6.07 Å². The summed E-state index contributed by atoms with van der Waals surface area (Å²) in [5.41, 5.74) is 0.981. The van der Waals surface area contributed by atoms with E-state index in [0.29, 0.717) is 18.2 Å². The number of hydrogen-bond acceptors (Lipinski definition) is 4. The van der Waals surface area contributed by atoms with Crippen molar-refractivity contribution in [3.63, 3.8) is 0 Å². The van der Waals surface area contributed by atoms with E-state index in [-0.39, 0.29) is 5.82 Å². The lowest BCUT2D eigenvalue weighted by Gasteiger charge is -2.26. The summed E-state index contributed by atoms with van der Waals surface area (Å²) in [5.74, 6) is 2.14. The number of ether oxygens (including phenoxy) is 2. The zero-order valence-corrected chi connectivity index (χ0v) is 17.8. The molecule has 0 unspecified atom stereocenters. The number of benzene rings is 1. The van der Waals surface area contributed by atoms with Gasteiger partial charge in [-0.15, -0.1) is 0 Å². The molecule has 0 atom stereocenters. The molecule has 1 N–H and O–H groups in total. The molecule has 1 aliphatic heterocycles. The number of nitrogens with one attached hydrogen (secondary N) is 1. The van der Waals surface area contributed by atoms with Crippen LogP contribution >= 0.6 is 0 Å². The Hall–Kier alpha value is -2.67. The molecule has 0 amide bonds. The Balaban J connectivity index is 1.54. The number of pyridine rings is 1. The molecule has 1 aromatic carbocycles. The Kier molecular flexibility index (Phi) is 8.44. The molecular formula is C23H31FN4O2. The molecule has 1 fully saturated rings. The summed E-state index contributed by atoms with van der Waals surface area (Å²) in [6, 6.07) is 9.72. The third kappa shape index (κ3) is 6.99. The van der Waals surface area contributed by atoms with Gasteiger partial charge in [0.25, 0.3) is 0 Å². The number of hydrogen-bond donors (Lipinski definition) is 1. The molecule has 2 aromatic rings. The molecule has 7 heteroatoms. The normalized spacial score (nSPS) is 15.1. The van der Waals surface area contributed by atoms with E-state index in [1.54, 1.807) is 24.4 Å². The van der Waals surface area contributed by atoms with Crippen LogP contribution in [-0.4, -0.2) is 49.2 Å². The maximum atomic E-state index is 13.3. The van der Waals surface area contributed by atoms with E-state index in [9.17, 15) is 4.39 Å². The summed E-state index contributed by atoms with van der Waals surface area (Å²) in [6.45, 7) is 6.15. The summed E-state index contributed by atoms with van der Waals surface area (Å²) in [5, 5.41) is 3.36. The topological polar surface area (TPSA) is 59.0 Å². The van der Waals surface area contributed by atoms with Gasteiger partial charge in [-0.2, -0.15) is 0 Å². The van der Waals surface area contributed by atoms with Gasteiger partial charge in [0.1, 0.15) is 11.6 Å². The van der Waals surface area contributed by atoms with E-state index in [4.69, 9.17) is 14.5 Å². The molecule has 2 heterocycles. The molecular weight excluding hydrogens is 383 g/mol. The van der Waals surface area contributed by atoms with Crippen molar-refractivity contribution in [2.45, 2.75) is 32.7 Å². The number of rotatable bonds is 8. The highest BCUT2D eigenvalue weighted by atomic mass is 19.1. The van der Waals surface area contributed by atoms with Crippen molar-refractivity contribution >= 4 is 5.96 Å². The first-order valence-corrected chi connectivity index (χ1v) is 10.6. The minimum atomic E-state index is -0.338. The van der Waals surface area contributed by atoms with Gasteiger partial charge in [0.2, 0.25) is 5.88 Å². The molecule has 0 radical (unpaired) electrons. The summed E-state index contributed by atoms with van der Waals surface area (Å²) >= 11 is 0. The molecule has 1 aliphatic rings. The molecule has 30 heavy (non-hydrogen) atoms. The molecule has 0 spiro atoms. The number of aliphatic imine (C=N–C) groups is 1. The van der Waals surface area contributed by atoms with Gasteiger partial charge >= 0.3 is 0 Å². The minimum Gasteiger partial charge on any atom is -0.439 e. The van der Waals surface area contributed by atoms with E-state index in [1.165, 1.54) is 12.1 Å². The molecule has 0 aliphatic carbocycles.